The SMILES string of the molecule is Cc1cc(F)cc(NS(=O)(=O)c2cccc(C(N)=S)c2)c1. The van der Waals surface area contributed by atoms with Crippen LogP contribution in [0.1, 0.15) is 11.1 Å². The summed E-state index contributed by atoms with van der Waals surface area (Å²) in [4.78, 5) is 0.114. The van der Waals surface area contributed by atoms with Gasteiger partial charge in [0.2, 0.25) is 0 Å². The molecule has 110 valence electrons. The first-order valence-corrected chi connectivity index (χ1v) is 7.87. The quantitative estimate of drug-likeness (QED) is 0.848. The molecule has 0 aliphatic carbocycles. The maximum Gasteiger partial charge on any atom is 0.261 e. The molecule has 0 aliphatic heterocycles. The molecule has 2 rings (SSSR count). The van der Waals surface area contributed by atoms with E-state index in [2.05, 4.69) is 4.72 Å². The third kappa shape index (κ3) is 3.77. The molecule has 0 bridgehead atoms. The molecule has 0 spiro atoms. The van der Waals surface area contributed by atoms with Crippen molar-refractivity contribution in [2.75, 3.05) is 4.72 Å². The second-order valence-corrected chi connectivity index (χ2v) is 6.64. The van der Waals surface area contributed by atoms with Crippen molar-refractivity contribution in [3.05, 3.63) is 59.4 Å². The Morgan fingerprint density at radius 1 is 1.24 bits per heavy atom. The lowest BCUT2D eigenvalue weighted by molar-refractivity contribution is 0.601. The largest absolute Gasteiger partial charge is 0.389 e. The van der Waals surface area contributed by atoms with Crippen LogP contribution in [0.4, 0.5) is 10.1 Å². The monoisotopic (exact) mass is 324 g/mol. The van der Waals surface area contributed by atoms with Gasteiger partial charge in [-0.1, -0.05) is 24.4 Å². The van der Waals surface area contributed by atoms with Crippen LogP contribution in [0.5, 0.6) is 0 Å². The molecule has 0 unspecified atom stereocenters. The van der Waals surface area contributed by atoms with E-state index < -0.39 is 15.8 Å². The Bertz CT molecular complexity index is 784. The fourth-order valence-corrected chi connectivity index (χ4v) is 3.04. The highest BCUT2D eigenvalue weighted by Gasteiger charge is 2.15. The van der Waals surface area contributed by atoms with Gasteiger partial charge in [0.05, 0.1) is 10.6 Å². The molecule has 7 heteroatoms. The van der Waals surface area contributed by atoms with Crippen molar-refractivity contribution < 1.29 is 12.8 Å². The Labute approximate surface area is 127 Å². The summed E-state index contributed by atoms with van der Waals surface area (Å²) in [5, 5.41) is 0. The summed E-state index contributed by atoms with van der Waals surface area (Å²) < 4.78 is 40.2. The summed E-state index contributed by atoms with van der Waals surface area (Å²) in [6.07, 6.45) is 0. The highest BCUT2D eigenvalue weighted by atomic mass is 32.2. The molecule has 0 amide bonds. The molecule has 2 aromatic rings. The normalized spacial score (nSPS) is 11.1. The van der Waals surface area contributed by atoms with Gasteiger partial charge in [-0.2, -0.15) is 0 Å². The molecule has 0 aromatic heterocycles. The van der Waals surface area contributed by atoms with Gasteiger partial charge in [0, 0.05) is 5.56 Å². The third-order valence-corrected chi connectivity index (χ3v) is 4.34. The number of halogens is 1. The molecule has 4 nitrogen and oxygen atoms in total. The lowest BCUT2D eigenvalue weighted by Crippen LogP contribution is -2.15. The molecular formula is C14H13FN2O2S2. The minimum absolute atomic E-state index is 0.00899. The molecule has 0 saturated heterocycles. The molecule has 0 atom stereocenters. The first kappa shape index (κ1) is 15.4. The van der Waals surface area contributed by atoms with Crippen LogP contribution in [-0.2, 0) is 10.0 Å². The van der Waals surface area contributed by atoms with Crippen molar-refractivity contribution in [2.24, 2.45) is 5.73 Å². The van der Waals surface area contributed by atoms with Crippen LogP contribution in [-0.4, -0.2) is 13.4 Å². The van der Waals surface area contributed by atoms with E-state index in [-0.39, 0.29) is 15.6 Å². The van der Waals surface area contributed by atoms with Crippen LogP contribution in [0.15, 0.2) is 47.4 Å². The molecular weight excluding hydrogens is 311 g/mol. The molecule has 3 N–H and O–H groups in total. The molecule has 21 heavy (non-hydrogen) atoms. The van der Waals surface area contributed by atoms with Crippen molar-refractivity contribution in [3.63, 3.8) is 0 Å². The molecule has 0 saturated carbocycles. The molecule has 0 radical (unpaired) electrons. The maximum absolute atomic E-state index is 13.3. The Kier molecular flexibility index (Phi) is 4.24. The standard InChI is InChI=1S/C14H13FN2O2S2/c1-9-5-11(15)8-12(6-9)17-21(18,19)13-4-2-3-10(7-13)14(16)20/h2-8,17H,1H3,(H2,16,20). The number of aryl methyl sites for hydroxylation is 1. The minimum Gasteiger partial charge on any atom is -0.389 e. The Morgan fingerprint density at radius 3 is 2.57 bits per heavy atom. The average Bonchev–Trinajstić information content (AvgIpc) is 2.37. The van der Waals surface area contributed by atoms with E-state index in [4.69, 9.17) is 18.0 Å². The Balaban J connectivity index is 2.38. The fraction of sp³-hybridized carbons (Fsp3) is 0.0714. The number of nitrogens with two attached hydrogens (primary N) is 1. The molecule has 0 heterocycles. The number of hydrogen-bond acceptors (Lipinski definition) is 3. The first-order chi connectivity index (χ1) is 9.78. The van der Waals surface area contributed by atoms with Gasteiger partial charge in [-0.05, 0) is 42.8 Å². The van der Waals surface area contributed by atoms with Crippen molar-refractivity contribution in [3.8, 4) is 0 Å². The number of sulfonamides is 1. The van der Waals surface area contributed by atoms with Crippen LogP contribution >= 0.6 is 12.2 Å². The highest BCUT2D eigenvalue weighted by Crippen LogP contribution is 2.19. The number of nitrogens with one attached hydrogen (secondary N) is 1. The summed E-state index contributed by atoms with van der Waals surface area (Å²) in [6.45, 7) is 1.67. The summed E-state index contributed by atoms with van der Waals surface area (Å²) in [7, 11) is -3.83. The van der Waals surface area contributed by atoms with Crippen LogP contribution < -0.4 is 10.5 Å². The van der Waals surface area contributed by atoms with Crippen molar-refractivity contribution in [2.45, 2.75) is 11.8 Å². The summed E-state index contributed by atoms with van der Waals surface area (Å²) in [5.74, 6) is -0.510. The second kappa shape index (κ2) is 5.79. The Morgan fingerprint density at radius 2 is 1.95 bits per heavy atom. The predicted molar refractivity (Wildman–Crippen MR) is 84.3 cm³/mol. The zero-order valence-electron chi connectivity index (χ0n) is 11.1. The van der Waals surface area contributed by atoms with Crippen molar-refractivity contribution in [1.82, 2.24) is 0 Å². The number of rotatable bonds is 4. The second-order valence-electron chi connectivity index (χ2n) is 4.51. The number of hydrogen-bond donors (Lipinski definition) is 2. The van der Waals surface area contributed by atoms with E-state index in [1.807, 2.05) is 0 Å². The number of anilines is 1. The van der Waals surface area contributed by atoms with E-state index in [0.717, 1.165) is 6.07 Å². The van der Waals surface area contributed by atoms with Gasteiger partial charge in [-0.3, -0.25) is 4.72 Å². The lowest BCUT2D eigenvalue weighted by Gasteiger charge is -2.10. The zero-order valence-corrected chi connectivity index (χ0v) is 12.8. The van der Waals surface area contributed by atoms with Gasteiger partial charge >= 0.3 is 0 Å². The predicted octanol–water partition coefficient (Wildman–Crippen LogP) is 2.57. The van der Waals surface area contributed by atoms with Crippen LogP contribution in [0, 0.1) is 12.7 Å². The first-order valence-electron chi connectivity index (χ1n) is 5.98. The van der Waals surface area contributed by atoms with Gasteiger partial charge in [-0.15, -0.1) is 0 Å². The molecule has 2 aromatic carbocycles. The molecule has 0 fully saturated rings. The molecule has 0 aliphatic rings. The van der Waals surface area contributed by atoms with Crippen molar-refractivity contribution >= 4 is 32.9 Å². The minimum atomic E-state index is -3.83. The van der Waals surface area contributed by atoms with Crippen LogP contribution in [0.25, 0.3) is 0 Å². The van der Waals surface area contributed by atoms with E-state index in [0.29, 0.717) is 11.1 Å². The van der Waals surface area contributed by atoms with Crippen LogP contribution in [0.2, 0.25) is 0 Å². The van der Waals surface area contributed by atoms with E-state index in [1.165, 1.54) is 24.3 Å². The van der Waals surface area contributed by atoms with E-state index in [9.17, 15) is 12.8 Å². The number of benzene rings is 2. The summed E-state index contributed by atoms with van der Waals surface area (Å²) in [6, 6.07) is 9.91. The Hall–Kier alpha value is -1.99. The number of thiocarbonyl (C=S) groups is 1. The van der Waals surface area contributed by atoms with Gasteiger partial charge in [0.1, 0.15) is 10.8 Å². The van der Waals surface area contributed by atoms with Gasteiger partial charge in [0.25, 0.3) is 10.0 Å². The third-order valence-electron chi connectivity index (χ3n) is 2.72. The van der Waals surface area contributed by atoms with E-state index >= 15 is 0 Å². The van der Waals surface area contributed by atoms with Gasteiger partial charge in [-0.25, -0.2) is 12.8 Å². The van der Waals surface area contributed by atoms with Gasteiger partial charge < -0.3 is 5.73 Å². The summed E-state index contributed by atoms with van der Waals surface area (Å²) in [5.41, 5.74) is 6.71. The average molecular weight is 324 g/mol. The summed E-state index contributed by atoms with van der Waals surface area (Å²) >= 11 is 4.82. The fourth-order valence-electron chi connectivity index (χ4n) is 1.83. The lowest BCUT2D eigenvalue weighted by atomic mass is 10.2. The van der Waals surface area contributed by atoms with Gasteiger partial charge in [0.15, 0.2) is 0 Å². The van der Waals surface area contributed by atoms with Crippen LogP contribution in [0.3, 0.4) is 0 Å². The highest BCUT2D eigenvalue weighted by molar-refractivity contribution is 7.92. The zero-order chi connectivity index (χ0) is 15.6. The van der Waals surface area contributed by atoms with Crippen molar-refractivity contribution in [1.29, 1.82) is 0 Å². The maximum atomic E-state index is 13.3. The van der Waals surface area contributed by atoms with E-state index in [1.54, 1.807) is 19.1 Å². The smallest absolute Gasteiger partial charge is 0.261 e. The topological polar surface area (TPSA) is 72.2 Å².